The molecule has 0 saturated carbocycles. The number of nitrogens with zero attached hydrogens (tertiary/aromatic N) is 3. The molecular formula is C18H17Cl2N3O2. The Morgan fingerprint density at radius 3 is 2.44 bits per heavy atom. The molecule has 1 N–H and O–H groups in total. The van der Waals surface area contributed by atoms with Crippen molar-refractivity contribution in [2.24, 2.45) is 0 Å². The quantitative estimate of drug-likeness (QED) is 0.677. The minimum absolute atomic E-state index is 0.264. The summed E-state index contributed by atoms with van der Waals surface area (Å²) in [7, 11) is 0. The largest absolute Gasteiger partial charge is 0.457 e. The van der Waals surface area contributed by atoms with Gasteiger partial charge in [-0.05, 0) is 42.8 Å². The molecule has 0 saturated heterocycles. The summed E-state index contributed by atoms with van der Waals surface area (Å²) in [4.78, 5) is 3.90. The highest BCUT2D eigenvalue weighted by atomic mass is 35.5. The maximum absolute atomic E-state index is 11.0. The fourth-order valence-electron chi connectivity index (χ4n) is 2.55. The Labute approximate surface area is 155 Å². The van der Waals surface area contributed by atoms with Crippen LogP contribution >= 0.6 is 23.2 Å². The molecule has 1 aromatic heterocycles. The molecule has 0 bridgehead atoms. The number of hydrogen-bond donors (Lipinski definition) is 1. The van der Waals surface area contributed by atoms with Crippen molar-refractivity contribution in [1.29, 1.82) is 0 Å². The van der Waals surface area contributed by atoms with E-state index in [1.54, 1.807) is 53.5 Å². The van der Waals surface area contributed by atoms with Crippen LogP contribution in [0.1, 0.15) is 18.9 Å². The summed E-state index contributed by atoms with van der Waals surface area (Å²) in [5, 5.41) is 16.1. The molecule has 0 spiro atoms. The fraction of sp³-hybridized carbons (Fsp3) is 0.222. The molecule has 0 aliphatic heterocycles. The average molecular weight is 378 g/mol. The van der Waals surface area contributed by atoms with Crippen LogP contribution in [0.25, 0.3) is 0 Å². The molecule has 130 valence electrons. The van der Waals surface area contributed by atoms with Gasteiger partial charge in [-0.3, -0.25) is 0 Å². The fourth-order valence-corrected chi connectivity index (χ4v) is 3.02. The van der Waals surface area contributed by atoms with E-state index in [4.69, 9.17) is 27.9 Å². The van der Waals surface area contributed by atoms with Crippen LogP contribution in [0.4, 0.5) is 0 Å². The van der Waals surface area contributed by atoms with Gasteiger partial charge in [0.2, 0.25) is 0 Å². The van der Waals surface area contributed by atoms with E-state index < -0.39 is 5.60 Å². The first-order valence-electron chi connectivity index (χ1n) is 7.78. The molecule has 1 heterocycles. The zero-order valence-corrected chi connectivity index (χ0v) is 15.1. The number of aromatic nitrogens is 3. The summed E-state index contributed by atoms with van der Waals surface area (Å²) >= 11 is 12.3. The van der Waals surface area contributed by atoms with Crippen molar-refractivity contribution >= 4 is 23.2 Å². The summed E-state index contributed by atoms with van der Waals surface area (Å²) in [6, 6.07) is 12.3. The second kappa shape index (κ2) is 7.44. The zero-order valence-electron chi connectivity index (χ0n) is 13.6. The average Bonchev–Trinajstić information content (AvgIpc) is 3.09. The maximum Gasteiger partial charge on any atom is 0.137 e. The first kappa shape index (κ1) is 17.7. The minimum Gasteiger partial charge on any atom is -0.457 e. The van der Waals surface area contributed by atoms with Crippen molar-refractivity contribution in [2.75, 3.05) is 0 Å². The predicted octanol–water partition coefficient (Wildman–Crippen LogP) is 4.68. The lowest BCUT2D eigenvalue weighted by Gasteiger charge is -2.28. The van der Waals surface area contributed by atoms with Crippen LogP contribution in [0.3, 0.4) is 0 Å². The smallest absolute Gasteiger partial charge is 0.137 e. The highest BCUT2D eigenvalue weighted by molar-refractivity contribution is 6.31. The van der Waals surface area contributed by atoms with Crippen molar-refractivity contribution in [3.63, 3.8) is 0 Å². The van der Waals surface area contributed by atoms with E-state index in [0.29, 0.717) is 33.5 Å². The van der Waals surface area contributed by atoms with E-state index in [9.17, 15) is 5.11 Å². The Morgan fingerprint density at radius 2 is 1.84 bits per heavy atom. The van der Waals surface area contributed by atoms with Crippen LogP contribution in [0, 0.1) is 0 Å². The molecule has 7 heteroatoms. The first-order chi connectivity index (χ1) is 12.0. The van der Waals surface area contributed by atoms with Crippen LogP contribution in [0.5, 0.6) is 11.5 Å². The predicted molar refractivity (Wildman–Crippen MR) is 97.2 cm³/mol. The third-order valence-corrected chi connectivity index (χ3v) is 4.53. The van der Waals surface area contributed by atoms with E-state index in [-0.39, 0.29) is 6.54 Å². The highest BCUT2D eigenvalue weighted by Gasteiger charge is 2.30. The maximum atomic E-state index is 11.0. The molecule has 0 aliphatic rings. The second-order valence-electron chi connectivity index (χ2n) is 5.68. The summed E-state index contributed by atoms with van der Waals surface area (Å²) in [5.74, 6) is 1.23. The monoisotopic (exact) mass is 377 g/mol. The highest BCUT2D eigenvalue weighted by Crippen LogP contribution is 2.35. The van der Waals surface area contributed by atoms with Gasteiger partial charge in [-0.15, -0.1) is 0 Å². The van der Waals surface area contributed by atoms with Crippen molar-refractivity contribution in [3.8, 4) is 11.5 Å². The molecule has 0 amide bonds. The van der Waals surface area contributed by atoms with Gasteiger partial charge in [0.15, 0.2) is 0 Å². The van der Waals surface area contributed by atoms with Crippen molar-refractivity contribution in [2.45, 2.75) is 25.5 Å². The Balaban J connectivity index is 1.83. The Morgan fingerprint density at radius 1 is 1.12 bits per heavy atom. The van der Waals surface area contributed by atoms with E-state index in [2.05, 4.69) is 10.1 Å². The van der Waals surface area contributed by atoms with Gasteiger partial charge < -0.3 is 9.84 Å². The number of hydrogen-bond acceptors (Lipinski definition) is 4. The van der Waals surface area contributed by atoms with Crippen LogP contribution in [-0.2, 0) is 12.1 Å². The second-order valence-corrected chi connectivity index (χ2v) is 6.52. The van der Waals surface area contributed by atoms with Gasteiger partial charge in [0.05, 0.1) is 11.6 Å². The Hall–Kier alpha value is -2.08. The van der Waals surface area contributed by atoms with Crippen molar-refractivity contribution in [3.05, 3.63) is 70.7 Å². The molecule has 1 atom stereocenters. The SMILES string of the molecule is CC[C@](O)(Cn1cncn1)c1ccc(Oc2ccc(Cl)cc2)cc1Cl. The van der Waals surface area contributed by atoms with Crippen LogP contribution in [0.2, 0.25) is 10.0 Å². The summed E-state index contributed by atoms with van der Waals surface area (Å²) < 4.78 is 7.35. The molecule has 3 rings (SSSR count). The molecule has 5 nitrogen and oxygen atoms in total. The standard InChI is InChI=1S/C18H17Cl2N3O2/c1-2-18(24,10-23-12-21-11-22-23)16-8-7-15(9-17(16)20)25-14-5-3-13(19)4-6-14/h3-9,11-12,24H,2,10H2,1H3/t18-/m0/s1. The van der Waals surface area contributed by atoms with Crippen molar-refractivity contribution < 1.29 is 9.84 Å². The molecule has 0 aliphatic carbocycles. The lowest BCUT2D eigenvalue weighted by molar-refractivity contribution is 0.0110. The van der Waals surface area contributed by atoms with Gasteiger partial charge in [-0.25, -0.2) is 9.67 Å². The summed E-state index contributed by atoms with van der Waals surface area (Å²) in [6.45, 7) is 2.16. The van der Waals surface area contributed by atoms with Gasteiger partial charge in [-0.1, -0.05) is 36.2 Å². The Bertz CT molecular complexity index is 838. The van der Waals surface area contributed by atoms with Crippen LogP contribution in [-0.4, -0.2) is 19.9 Å². The van der Waals surface area contributed by atoms with E-state index in [1.807, 2.05) is 6.92 Å². The summed E-state index contributed by atoms with van der Waals surface area (Å²) in [6.07, 6.45) is 3.47. The number of halogens is 2. The van der Waals surface area contributed by atoms with Gasteiger partial charge in [0.1, 0.15) is 29.8 Å². The zero-order chi connectivity index (χ0) is 17.9. The van der Waals surface area contributed by atoms with E-state index >= 15 is 0 Å². The van der Waals surface area contributed by atoms with E-state index in [1.165, 1.54) is 6.33 Å². The number of ether oxygens (including phenoxy) is 1. The first-order valence-corrected chi connectivity index (χ1v) is 8.54. The third-order valence-electron chi connectivity index (χ3n) is 3.97. The number of benzene rings is 2. The van der Waals surface area contributed by atoms with Gasteiger partial charge >= 0.3 is 0 Å². The minimum atomic E-state index is -1.15. The van der Waals surface area contributed by atoms with Crippen LogP contribution < -0.4 is 4.74 Å². The van der Waals surface area contributed by atoms with Gasteiger partial charge in [0.25, 0.3) is 0 Å². The molecule has 0 fully saturated rings. The van der Waals surface area contributed by atoms with E-state index in [0.717, 1.165) is 0 Å². The molecule has 3 aromatic rings. The topological polar surface area (TPSA) is 60.2 Å². The molecule has 0 radical (unpaired) electrons. The molecule has 0 unspecified atom stereocenters. The molecule has 2 aromatic carbocycles. The number of aliphatic hydroxyl groups is 1. The lowest BCUT2D eigenvalue weighted by atomic mass is 9.91. The molecule has 25 heavy (non-hydrogen) atoms. The van der Waals surface area contributed by atoms with Crippen LogP contribution in [0.15, 0.2) is 55.1 Å². The number of rotatable bonds is 6. The Kier molecular flexibility index (Phi) is 5.27. The third kappa shape index (κ3) is 4.12. The molecular weight excluding hydrogens is 361 g/mol. The van der Waals surface area contributed by atoms with Gasteiger partial charge in [-0.2, -0.15) is 5.10 Å². The normalized spacial score (nSPS) is 13.4. The van der Waals surface area contributed by atoms with Gasteiger partial charge in [0, 0.05) is 10.6 Å². The summed E-state index contributed by atoms with van der Waals surface area (Å²) in [5.41, 5.74) is -0.528. The van der Waals surface area contributed by atoms with Crippen molar-refractivity contribution in [1.82, 2.24) is 14.8 Å². The lowest BCUT2D eigenvalue weighted by Crippen LogP contribution is -2.31.